The van der Waals surface area contributed by atoms with Gasteiger partial charge in [0.2, 0.25) is 0 Å². The van der Waals surface area contributed by atoms with Crippen molar-refractivity contribution < 1.29 is 9.18 Å². The first kappa shape index (κ1) is 13.5. The molecule has 1 saturated heterocycles. The molecule has 0 aromatic heterocycles. The van der Waals surface area contributed by atoms with E-state index < -0.39 is 0 Å². The summed E-state index contributed by atoms with van der Waals surface area (Å²) in [6.45, 7) is 3.97. The van der Waals surface area contributed by atoms with Crippen molar-refractivity contribution >= 4 is 27.4 Å². The predicted molar refractivity (Wildman–Crippen MR) is 75.1 cm³/mol. The molecule has 1 aromatic carbocycles. The second-order valence-electron chi connectivity index (χ2n) is 4.92. The smallest absolute Gasteiger partial charge is 0.173 e. The highest BCUT2D eigenvalue weighted by Gasteiger charge is 2.19. The minimum Gasteiger partial charge on any atom is -0.369 e. The first-order valence-corrected chi connectivity index (χ1v) is 7.37. The number of Topliss-reactive ketones (excluding diaryl/α,β-unsaturated/α-hetero) is 1. The standard InChI is InChI=1S/C14H17BrFNO/c1-10-3-2-6-17(9-10)13-5-4-11(7-12(13)16)14(18)8-15/h4-5,7,10H,2-3,6,8-9H2,1H3. The van der Waals surface area contributed by atoms with Crippen LogP contribution >= 0.6 is 15.9 Å². The number of rotatable bonds is 3. The van der Waals surface area contributed by atoms with E-state index in [-0.39, 0.29) is 16.9 Å². The van der Waals surface area contributed by atoms with Crippen molar-refractivity contribution in [2.45, 2.75) is 19.8 Å². The molecule has 4 heteroatoms. The molecule has 2 rings (SSSR count). The summed E-state index contributed by atoms with van der Waals surface area (Å²) in [5.41, 5.74) is 1.05. The Hall–Kier alpha value is -0.900. The lowest BCUT2D eigenvalue weighted by Gasteiger charge is -2.33. The van der Waals surface area contributed by atoms with Gasteiger partial charge in [-0.15, -0.1) is 0 Å². The molecule has 1 heterocycles. The predicted octanol–water partition coefficient (Wildman–Crippen LogP) is 3.64. The van der Waals surface area contributed by atoms with E-state index in [2.05, 4.69) is 27.8 Å². The SMILES string of the molecule is CC1CCCN(c2ccc(C(=O)CBr)cc2F)C1. The molecule has 0 N–H and O–H groups in total. The van der Waals surface area contributed by atoms with Gasteiger partial charge < -0.3 is 4.90 Å². The minimum atomic E-state index is -0.295. The van der Waals surface area contributed by atoms with Crippen molar-refractivity contribution in [2.75, 3.05) is 23.3 Å². The summed E-state index contributed by atoms with van der Waals surface area (Å²) in [5.74, 6) is 0.213. The van der Waals surface area contributed by atoms with E-state index in [9.17, 15) is 9.18 Å². The van der Waals surface area contributed by atoms with Crippen LogP contribution in [-0.4, -0.2) is 24.2 Å². The van der Waals surface area contributed by atoms with E-state index in [4.69, 9.17) is 0 Å². The molecule has 1 aromatic rings. The van der Waals surface area contributed by atoms with Crippen LogP contribution in [0.25, 0.3) is 0 Å². The zero-order chi connectivity index (χ0) is 13.1. The number of piperidine rings is 1. The van der Waals surface area contributed by atoms with Crippen LogP contribution in [0, 0.1) is 11.7 Å². The summed E-state index contributed by atoms with van der Waals surface area (Å²) in [7, 11) is 0. The van der Waals surface area contributed by atoms with Gasteiger partial charge in [-0.3, -0.25) is 4.79 Å². The van der Waals surface area contributed by atoms with Crippen molar-refractivity contribution in [3.8, 4) is 0 Å². The number of hydrogen-bond acceptors (Lipinski definition) is 2. The number of nitrogens with zero attached hydrogens (tertiary/aromatic N) is 1. The van der Waals surface area contributed by atoms with Crippen LogP contribution in [0.3, 0.4) is 0 Å². The zero-order valence-electron chi connectivity index (χ0n) is 10.5. The van der Waals surface area contributed by atoms with Gasteiger partial charge in [-0.25, -0.2) is 4.39 Å². The summed E-state index contributed by atoms with van der Waals surface area (Å²) < 4.78 is 14.0. The van der Waals surface area contributed by atoms with Crippen LogP contribution in [0.15, 0.2) is 18.2 Å². The summed E-state index contributed by atoms with van der Waals surface area (Å²) >= 11 is 3.10. The van der Waals surface area contributed by atoms with Gasteiger partial charge in [-0.05, 0) is 37.0 Å². The molecule has 0 spiro atoms. The Morgan fingerprint density at radius 1 is 1.56 bits per heavy atom. The number of alkyl halides is 1. The van der Waals surface area contributed by atoms with Crippen LogP contribution in [0.1, 0.15) is 30.1 Å². The van der Waals surface area contributed by atoms with Gasteiger partial charge in [0.1, 0.15) is 5.82 Å². The number of ketones is 1. The highest BCUT2D eigenvalue weighted by molar-refractivity contribution is 9.09. The highest BCUT2D eigenvalue weighted by Crippen LogP contribution is 2.26. The van der Waals surface area contributed by atoms with Gasteiger partial charge in [0.05, 0.1) is 11.0 Å². The second-order valence-corrected chi connectivity index (χ2v) is 5.48. The van der Waals surface area contributed by atoms with Gasteiger partial charge in [0, 0.05) is 18.7 Å². The lowest BCUT2D eigenvalue weighted by atomic mass is 9.99. The van der Waals surface area contributed by atoms with E-state index in [1.54, 1.807) is 12.1 Å². The van der Waals surface area contributed by atoms with Gasteiger partial charge in [0.15, 0.2) is 5.78 Å². The number of hydrogen-bond donors (Lipinski definition) is 0. The lowest BCUT2D eigenvalue weighted by molar-refractivity contribution is 0.102. The molecule has 0 aliphatic carbocycles. The van der Waals surface area contributed by atoms with Gasteiger partial charge in [-0.1, -0.05) is 22.9 Å². The molecule has 0 amide bonds. The fraction of sp³-hybridized carbons (Fsp3) is 0.500. The molecule has 18 heavy (non-hydrogen) atoms. The molecular formula is C14H17BrFNO. The average Bonchev–Trinajstić information content (AvgIpc) is 2.37. The molecule has 0 bridgehead atoms. The maximum absolute atomic E-state index is 14.0. The Morgan fingerprint density at radius 2 is 2.33 bits per heavy atom. The summed E-state index contributed by atoms with van der Waals surface area (Å²) in [6, 6.07) is 4.78. The minimum absolute atomic E-state index is 0.0903. The molecule has 0 radical (unpaired) electrons. The first-order valence-electron chi connectivity index (χ1n) is 6.25. The Balaban J connectivity index is 2.21. The Bertz CT molecular complexity index is 449. The number of carbonyl (C=O) groups excluding carboxylic acids is 1. The Labute approximate surface area is 115 Å². The zero-order valence-corrected chi connectivity index (χ0v) is 12.0. The maximum Gasteiger partial charge on any atom is 0.173 e. The van der Waals surface area contributed by atoms with Crippen molar-refractivity contribution in [1.82, 2.24) is 0 Å². The largest absolute Gasteiger partial charge is 0.369 e. The van der Waals surface area contributed by atoms with Crippen molar-refractivity contribution in [2.24, 2.45) is 5.92 Å². The molecule has 1 aliphatic rings. The first-order chi connectivity index (χ1) is 8.61. The van der Waals surface area contributed by atoms with Crippen molar-refractivity contribution in [3.05, 3.63) is 29.6 Å². The fourth-order valence-corrected chi connectivity index (χ4v) is 2.75. The van der Waals surface area contributed by atoms with E-state index in [0.717, 1.165) is 19.5 Å². The molecule has 1 atom stereocenters. The number of carbonyl (C=O) groups is 1. The van der Waals surface area contributed by atoms with Crippen molar-refractivity contribution in [1.29, 1.82) is 0 Å². The Kier molecular flexibility index (Phi) is 4.38. The summed E-state index contributed by atoms with van der Waals surface area (Å²) in [5, 5.41) is 0.229. The fourth-order valence-electron chi connectivity index (χ4n) is 2.42. The van der Waals surface area contributed by atoms with Crippen LogP contribution in [0.5, 0.6) is 0 Å². The number of anilines is 1. The third kappa shape index (κ3) is 2.91. The van der Waals surface area contributed by atoms with Crippen LogP contribution in [0.4, 0.5) is 10.1 Å². The number of halogens is 2. The molecule has 1 aliphatic heterocycles. The third-order valence-corrected chi connectivity index (χ3v) is 3.90. The topological polar surface area (TPSA) is 20.3 Å². The molecule has 1 fully saturated rings. The van der Waals surface area contributed by atoms with E-state index in [1.807, 2.05) is 0 Å². The van der Waals surface area contributed by atoms with Crippen LogP contribution in [-0.2, 0) is 0 Å². The lowest BCUT2D eigenvalue weighted by Crippen LogP contribution is -2.34. The van der Waals surface area contributed by atoms with Crippen LogP contribution in [0.2, 0.25) is 0 Å². The monoisotopic (exact) mass is 313 g/mol. The highest BCUT2D eigenvalue weighted by atomic mass is 79.9. The van der Waals surface area contributed by atoms with E-state index in [0.29, 0.717) is 17.2 Å². The molecule has 0 saturated carbocycles. The third-order valence-electron chi connectivity index (χ3n) is 3.39. The van der Waals surface area contributed by atoms with Crippen molar-refractivity contribution in [3.63, 3.8) is 0 Å². The second kappa shape index (κ2) is 5.83. The molecular weight excluding hydrogens is 297 g/mol. The number of benzene rings is 1. The molecule has 2 nitrogen and oxygen atoms in total. The quantitative estimate of drug-likeness (QED) is 0.627. The van der Waals surface area contributed by atoms with Gasteiger partial charge in [-0.2, -0.15) is 0 Å². The molecule has 98 valence electrons. The van der Waals surface area contributed by atoms with E-state index >= 15 is 0 Å². The van der Waals surface area contributed by atoms with Gasteiger partial charge >= 0.3 is 0 Å². The van der Waals surface area contributed by atoms with E-state index in [1.165, 1.54) is 12.5 Å². The van der Waals surface area contributed by atoms with Crippen LogP contribution < -0.4 is 4.90 Å². The molecule has 1 unspecified atom stereocenters. The average molecular weight is 314 g/mol. The summed E-state index contributed by atoms with van der Waals surface area (Å²) in [6.07, 6.45) is 2.31. The normalized spacial score (nSPS) is 19.9. The Morgan fingerprint density at radius 3 is 2.94 bits per heavy atom. The van der Waals surface area contributed by atoms with Gasteiger partial charge in [0.25, 0.3) is 0 Å². The summed E-state index contributed by atoms with van der Waals surface area (Å²) in [4.78, 5) is 13.6. The maximum atomic E-state index is 14.0.